The summed E-state index contributed by atoms with van der Waals surface area (Å²) < 4.78 is 6.27. The Labute approximate surface area is 154 Å². The van der Waals surface area contributed by atoms with E-state index in [9.17, 15) is 0 Å². The van der Waals surface area contributed by atoms with Crippen molar-refractivity contribution in [2.24, 2.45) is 0 Å². The summed E-state index contributed by atoms with van der Waals surface area (Å²) in [5, 5.41) is 3.85. The van der Waals surface area contributed by atoms with Gasteiger partial charge >= 0.3 is 0 Å². The highest BCUT2D eigenvalue weighted by molar-refractivity contribution is 7.02. The number of ether oxygens (including phenoxy) is 1. The number of nitrogens with zero attached hydrogens (tertiary/aromatic N) is 1. The molecule has 26 heavy (non-hydrogen) atoms. The monoisotopic (exact) mass is 353 g/mol. The quantitative estimate of drug-likeness (QED) is 0.457. The molecule has 0 N–H and O–H groups in total. The van der Waals surface area contributed by atoms with Crippen LogP contribution in [0.4, 0.5) is 0 Å². The van der Waals surface area contributed by atoms with Crippen LogP contribution in [-0.4, -0.2) is 13.1 Å². The molecule has 2 heterocycles. The minimum atomic E-state index is -1.89. The van der Waals surface area contributed by atoms with Crippen LogP contribution in [-0.2, 0) is 0 Å². The molecule has 3 heteroatoms. The van der Waals surface area contributed by atoms with Gasteiger partial charge in [-0.05, 0) is 34.6 Å². The van der Waals surface area contributed by atoms with Crippen LogP contribution in [0.3, 0.4) is 0 Å². The van der Waals surface area contributed by atoms with Crippen LogP contribution < -0.4 is 15.1 Å². The minimum Gasteiger partial charge on any atom is -0.458 e. The minimum absolute atomic E-state index is 0.979. The molecule has 0 saturated heterocycles. The molecule has 4 aromatic rings. The van der Waals surface area contributed by atoms with E-state index in [0.29, 0.717) is 0 Å². The number of aromatic nitrogens is 1. The van der Waals surface area contributed by atoms with Gasteiger partial charge in [0.15, 0.2) is 0 Å². The van der Waals surface area contributed by atoms with Gasteiger partial charge in [-0.1, -0.05) is 67.7 Å². The van der Waals surface area contributed by atoms with Crippen LogP contribution in [0.5, 0.6) is 11.5 Å². The lowest BCUT2D eigenvalue weighted by atomic mass is 10.1. The molecule has 0 aliphatic carbocycles. The summed E-state index contributed by atoms with van der Waals surface area (Å²) in [4.78, 5) is 4.94. The van der Waals surface area contributed by atoms with Crippen molar-refractivity contribution in [1.82, 2.24) is 4.98 Å². The lowest BCUT2D eigenvalue weighted by molar-refractivity contribution is 0.487. The zero-order chi connectivity index (χ0) is 17.7. The Morgan fingerprint density at radius 3 is 2.42 bits per heavy atom. The van der Waals surface area contributed by atoms with Crippen molar-refractivity contribution in [2.45, 2.75) is 13.1 Å². The van der Waals surface area contributed by atoms with E-state index in [4.69, 9.17) is 9.72 Å². The van der Waals surface area contributed by atoms with Crippen LogP contribution in [0.1, 0.15) is 0 Å². The third-order valence-electron chi connectivity index (χ3n) is 5.31. The van der Waals surface area contributed by atoms with E-state index in [1.54, 1.807) is 0 Å². The van der Waals surface area contributed by atoms with E-state index in [1.165, 1.54) is 21.3 Å². The second kappa shape index (κ2) is 5.54. The van der Waals surface area contributed by atoms with Crippen LogP contribution in [0.15, 0.2) is 78.9 Å². The SMILES string of the molecule is C[Si]1(C)c2ccccc2Oc2cccc(-c3ccc4ccccc4n3)c21. The largest absolute Gasteiger partial charge is 0.458 e. The molecular formula is C23H19NOSi. The topological polar surface area (TPSA) is 22.1 Å². The predicted molar refractivity (Wildman–Crippen MR) is 110 cm³/mol. The van der Waals surface area contributed by atoms with Gasteiger partial charge in [0.1, 0.15) is 19.6 Å². The standard InChI is InChI=1S/C23H19NOSi/c1-26(2)22-13-6-5-11-20(22)25-21-12-7-9-17(23(21)26)19-15-14-16-8-3-4-10-18(16)24-19/h3-15H,1-2H3. The summed E-state index contributed by atoms with van der Waals surface area (Å²) in [5.74, 6) is 1.98. The first-order valence-corrected chi connectivity index (χ1v) is 11.9. The van der Waals surface area contributed by atoms with Crippen LogP contribution >= 0.6 is 0 Å². The van der Waals surface area contributed by atoms with Crippen LogP contribution in [0.25, 0.3) is 22.2 Å². The van der Waals surface area contributed by atoms with Crippen molar-refractivity contribution in [3.8, 4) is 22.8 Å². The lowest BCUT2D eigenvalue weighted by Gasteiger charge is -2.34. The average molecular weight is 353 g/mol. The van der Waals surface area contributed by atoms with E-state index in [0.717, 1.165) is 22.7 Å². The Bertz CT molecular complexity index is 1150. The summed E-state index contributed by atoms with van der Waals surface area (Å²) in [5.41, 5.74) is 3.24. The zero-order valence-electron chi connectivity index (χ0n) is 14.9. The fraction of sp³-hybridized carbons (Fsp3) is 0.0870. The third kappa shape index (κ3) is 2.21. The average Bonchev–Trinajstić information content (AvgIpc) is 2.67. The van der Waals surface area contributed by atoms with Crippen molar-refractivity contribution in [2.75, 3.05) is 0 Å². The van der Waals surface area contributed by atoms with Gasteiger partial charge < -0.3 is 4.74 Å². The fourth-order valence-corrected chi connectivity index (χ4v) is 7.18. The maximum Gasteiger partial charge on any atom is 0.127 e. The van der Waals surface area contributed by atoms with Crippen molar-refractivity contribution in [3.63, 3.8) is 0 Å². The maximum absolute atomic E-state index is 6.27. The van der Waals surface area contributed by atoms with Gasteiger partial charge in [-0.2, -0.15) is 0 Å². The Morgan fingerprint density at radius 1 is 0.731 bits per heavy atom. The zero-order valence-corrected chi connectivity index (χ0v) is 15.9. The maximum atomic E-state index is 6.27. The predicted octanol–water partition coefficient (Wildman–Crippen LogP) is 4.83. The molecule has 1 aliphatic heterocycles. The Kier molecular flexibility index (Phi) is 3.27. The van der Waals surface area contributed by atoms with Crippen molar-refractivity contribution >= 4 is 29.4 Å². The summed E-state index contributed by atoms with van der Waals surface area (Å²) in [6.45, 7) is 4.80. The van der Waals surface area contributed by atoms with Crippen molar-refractivity contribution in [1.29, 1.82) is 0 Å². The molecular weight excluding hydrogens is 334 g/mol. The van der Waals surface area contributed by atoms with Gasteiger partial charge in [0.25, 0.3) is 0 Å². The third-order valence-corrected chi connectivity index (χ3v) is 8.83. The first-order valence-electron chi connectivity index (χ1n) is 8.91. The number of benzene rings is 3. The number of para-hydroxylation sites is 2. The van der Waals surface area contributed by atoms with E-state index in [-0.39, 0.29) is 0 Å². The highest BCUT2D eigenvalue weighted by Crippen LogP contribution is 2.33. The second-order valence-electron chi connectivity index (χ2n) is 7.29. The number of fused-ring (bicyclic) bond motifs is 3. The molecule has 0 unspecified atom stereocenters. The van der Waals surface area contributed by atoms with E-state index >= 15 is 0 Å². The molecule has 0 fully saturated rings. The summed E-state index contributed by atoms with van der Waals surface area (Å²) in [6, 6.07) is 27.3. The first-order chi connectivity index (χ1) is 12.6. The normalized spacial score (nSPS) is 14.4. The molecule has 1 aromatic heterocycles. The molecule has 3 aromatic carbocycles. The molecule has 0 bridgehead atoms. The molecule has 0 radical (unpaired) electrons. The summed E-state index contributed by atoms with van der Waals surface area (Å²) in [6.07, 6.45) is 0. The van der Waals surface area contributed by atoms with E-state index < -0.39 is 8.07 Å². The Morgan fingerprint density at radius 2 is 1.50 bits per heavy atom. The molecule has 126 valence electrons. The van der Waals surface area contributed by atoms with Gasteiger partial charge in [0.05, 0.1) is 11.2 Å². The van der Waals surface area contributed by atoms with Gasteiger partial charge in [0, 0.05) is 10.9 Å². The number of hydrogen-bond acceptors (Lipinski definition) is 2. The number of pyridine rings is 1. The van der Waals surface area contributed by atoms with E-state index in [1.807, 2.05) is 12.1 Å². The number of hydrogen-bond donors (Lipinski definition) is 0. The van der Waals surface area contributed by atoms with Crippen LogP contribution in [0, 0.1) is 0 Å². The molecule has 0 atom stereocenters. The smallest absolute Gasteiger partial charge is 0.127 e. The van der Waals surface area contributed by atoms with Gasteiger partial charge in [-0.25, -0.2) is 4.98 Å². The molecule has 5 rings (SSSR count). The van der Waals surface area contributed by atoms with Crippen LogP contribution in [0.2, 0.25) is 13.1 Å². The Balaban J connectivity index is 1.76. The highest BCUT2D eigenvalue weighted by Gasteiger charge is 2.38. The molecule has 0 amide bonds. The summed E-state index contributed by atoms with van der Waals surface area (Å²) in [7, 11) is -1.89. The van der Waals surface area contributed by atoms with Gasteiger partial charge in [-0.15, -0.1) is 0 Å². The molecule has 0 saturated carbocycles. The Hall–Kier alpha value is -2.91. The molecule has 1 aliphatic rings. The molecule has 0 spiro atoms. The number of rotatable bonds is 1. The first kappa shape index (κ1) is 15.4. The second-order valence-corrected chi connectivity index (χ2v) is 11.6. The fourth-order valence-electron chi connectivity index (χ4n) is 4.02. The van der Waals surface area contributed by atoms with Gasteiger partial charge in [0.2, 0.25) is 0 Å². The van der Waals surface area contributed by atoms with E-state index in [2.05, 4.69) is 79.8 Å². The molecule has 2 nitrogen and oxygen atoms in total. The van der Waals surface area contributed by atoms with Crippen molar-refractivity contribution in [3.05, 3.63) is 78.9 Å². The highest BCUT2D eigenvalue weighted by atomic mass is 28.3. The van der Waals surface area contributed by atoms with Gasteiger partial charge in [-0.3, -0.25) is 0 Å². The summed E-state index contributed by atoms with van der Waals surface area (Å²) >= 11 is 0. The van der Waals surface area contributed by atoms with Crippen molar-refractivity contribution < 1.29 is 4.74 Å². The lowest BCUT2D eigenvalue weighted by Crippen LogP contribution is -2.56.